The van der Waals surface area contributed by atoms with Crippen LogP contribution in [0.1, 0.15) is 37.6 Å². The number of carboxylic acids is 1. The van der Waals surface area contributed by atoms with E-state index in [2.05, 4.69) is 31.7 Å². The fourth-order valence-corrected chi connectivity index (χ4v) is 2.42. The second-order valence-corrected chi connectivity index (χ2v) is 6.03. The lowest BCUT2D eigenvalue weighted by Crippen LogP contribution is -2.31. The summed E-state index contributed by atoms with van der Waals surface area (Å²) in [6.07, 6.45) is 3.32. The lowest BCUT2D eigenvalue weighted by molar-refractivity contribution is 0.0697. The first kappa shape index (κ1) is 13.7. The molecule has 0 saturated heterocycles. The molecule has 0 aromatic heterocycles. The zero-order chi connectivity index (χ0) is 14.0. The van der Waals surface area contributed by atoms with Gasteiger partial charge >= 0.3 is 5.97 Å². The smallest absolute Gasteiger partial charge is 0.335 e. The first-order valence-corrected chi connectivity index (χ1v) is 6.66. The molecule has 3 heteroatoms. The fraction of sp³-hybridized carbons (Fsp3) is 0.438. The summed E-state index contributed by atoms with van der Waals surface area (Å²) in [5.74, 6) is -0.871. The van der Waals surface area contributed by atoms with E-state index in [4.69, 9.17) is 5.11 Å². The molecule has 0 saturated carbocycles. The van der Waals surface area contributed by atoms with Gasteiger partial charge in [-0.15, -0.1) is 0 Å². The van der Waals surface area contributed by atoms with Gasteiger partial charge in [-0.25, -0.2) is 4.79 Å². The van der Waals surface area contributed by atoms with Crippen molar-refractivity contribution in [2.45, 2.75) is 27.2 Å². The van der Waals surface area contributed by atoms with Crippen molar-refractivity contribution >= 4 is 11.7 Å². The Balaban J connectivity index is 2.16. The molecule has 1 N–H and O–H groups in total. The Morgan fingerprint density at radius 2 is 2.05 bits per heavy atom. The molecule has 0 unspecified atom stereocenters. The van der Waals surface area contributed by atoms with Gasteiger partial charge in [-0.1, -0.05) is 38.5 Å². The molecule has 0 atom stereocenters. The summed E-state index contributed by atoms with van der Waals surface area (Å²) in [6.45, 7) is 8.51. The van der Waals surface area contributed by atoms with Gasteiger partial charge in [-0.3, -0.25) is 0 Å². The summed E-state index contributed by atoms with van der Waals surface area (Å²) in [5, 5.41) is 9.03. The number of rotatable bonds is 2. The van der Waals surface area contributed by atoms with Crippen LogP contribution in [-0.4, -0.2) is 24.2 Å². The van der Waals surface area contributed by atoms with Crippen LogP contribution in [0.15, 0.2) is 35.9 Å². The number of carboxylic acid groups (broad SMARTS) is 1. The first-order valence-electron chi connectivity index (χ1n) is 6.66. The molecule has 0 spiro atoms. The minimum absolute atomic E-state index is 0.231. The Bertz CT molecular complexity index is 512. The molecule has 1 aliphatic heterocycles. The Kier molecular flexibility index (Phi) is 3.65. The van der Waals surface area contributed by atoms with E-state index in [0.717, 1.165) is 25.2 Å². The van der Waals surface area contributed by atoms with Crippen molar-refractivity contribution in [2.24, 2.45) is 5.41 Å². The van der Waals surface area contributed by atoms with E-state index < -0.39 is 5.97 Å². The summed E-state index contributed by atoms with van der Waals surface area (Å²) in [4.78, 5) is 13.2. The van der Waals surface area contributed by atoms with Crippen molar-refractivity contribution in [3.05, 3.63) is 41.5 Å². The summed E-state index contributed by atoms with van der Waals surface area (Å²) in [5.41, 5.74) is 3.06. The number of benzene rings is 1. The average molecular weight is 259 g/mol. The third kappa shape index (κ3) is 3.16. The van der Waals surface area contributed by atoms with Gasteiger partial charge in [0.15, 0.2) is 0 Å². The highest BCUT2D eigenvalue weighted by Gasteiger charge is 2.21. The number of aromatic carboxylic acids is 1. The highest BCUT2D eigenvalue weighted by molar-refractivity contribution is 5.88. The van der Waals surface area contributed by atoms with Gasteiger partial charge in [0.2, 0.25) is 0 Å². The minimum Gasteiger partial charge on any atom is -0.478 e. The maximum atomic E-state index is 11.0. The monoisotopic (exact) mass is 259 g/mol. The standard InChI is InChI=1S/C16H21NO2/c1-16(2,3)13-7-9-17(10-8-13)14-6-4-5-12(11-14)15(18)19/h4-7,11H,8-10H2,1-3H3,(H,18,19). The van der Waals surface area contributed by atoms with Gasteiger partial charge in [0.25, 0.3) is 0 Å². The maximum Gasteiger partial charge on any atom is 0.335 e. The van der Waals surface area contributed by atoms with Crippen LogP contribution < -0.4 is 4.90 Å². The number of hydrogen-bond acceptors (Lipinski definition) is 2. The van der Waals surface area contributed by atoms with Gasteiger partial charge in [0.1, 0.15) is 0 Å². The third-order valence-corrected chi connectivity index (χ3v) is 3.63. The molecule has 0 amide bonds. The summed E-state index contributed by atoms with van der Waals surface area (Å²) in [7, 11) is 0. The van der Waals surface area contributed by atoms with E-state index in [1.807, 2.05) is 12.1 Å². The molecule has 102 valence electrons. The van der Waals surface area contributed by atoms with Crippen molar-refractivity contribution in [3.63, 3.8) is 0 Å². The van der Waals surface area contributed by atoms with Gasteiger partial charge in [0.05, 0.1) is 5.56 Å². The van der Waals surface area contributed by atoms with E-state index in [1.54, 1.807) is 12.1 Å². The van der Waals surface area contributed by atoms with E-state index in [-0.39, 0.29) is 5.41 Å². The van der Waals surface area contributed by atoms with Crippen LogP contribution in [0, 0.1) is 5.41 Å². The van der Waals surface area contributed by atoms with E-state index >= 15 is 0 Å². The predicted molar refractivity (Wildman–Crippen MR) is 77.8 cm³/mol. The van der Waals surface area contributed by atoms with Crippen LogP contribution in [0.4, 0.5) is 5.69 Å². The second kappa shape index (κ2) is 5.08. The lowest BCUT2D eigenvalue weighted by Gasteiger charge is -2.33. The van der Waals surface area contributed by atoms with Crippen LogP contribution in [0.5, 0.6) is 0 Å². The van der Waals surface area contributed by atoms with Crippen molar-refractivity contribution in [1.29, 1.82) is 0 Å². The minimum atomic E-state index is -0.871. The topological polar surface area (TPSA) is 40.5 Å². The molecule has 1 aliphatic rings. The molecule has 0 radical (unpaired) electrons. The number of hydrogen-bond donors (Lipinski definition) is 1. The van der Waals surface area contributed by atoms with Crippen LogP contribution in [0.2, 0.25) is 0 Å². The molecule has 0 bridgehead atoms. The summed E-state index contributed by atoms with van der Waals surface area (Å²) < 4.78 is 0. The molecular weight excluding hydrogens is 238 g/mol. The largest absolute Gasteiger partial charge is 0.478 e. The molecule has 2 rings (SSSR count). The fourth-order valence-electron chi connectivity index (χ4n) is 2.42. The highest BCUT2D eigenvalue weighted by atomic mass is 16.4. The van der Waals surface area contributed by atoms with Crippen LogP contribution in [-0.2, 0) is 0 Å². The molecule has 0 fully saturated rings. The number of anilines is 1. The van der Waals surface area contributed by atoms with Gasteiger partial charge < -0.3 is 10.0 Å². The van der Waals surface area contributed by atoms with Gasteiger partial charge in [0, 0.05) is 18.8 Å². The molecular formula is C16H21NO2. The third-order valence-electron chi connectivity index (χ3n) is 3.63. The summed E-state index contributed by atoms with van der Waals surface area (Å²) >= 11 is 0. The van der Waals surface area contributed by atoms with Crippen molar-refractivity contribution < 1.29 is 9.90 Å². The molecule has 19 heavy (non-hydrogen) atoms. The average Bonchev–Trinajstić information content (AvgIpc) is 2.38. The zero-order valence-corrected chi connectivity index (χ0v) is 11.8. The zero-order valence-electron chi connectivity index (χ0n) is 11.8. The van der Waals surface area contributed by atoms with Crippen molar-refractivity contribution in [3.8, 4) is 0 Å². The SMILES string of the molecule is CC(C)(C)C1=CCN(c2cccc(C(=O)O)c2)CC1. The Morgan fingerprint density at radius 3 is 2.58 bits per heavy atom. The number of nitrogens with zero attached hydrogens (tertiary/aromatic N) is 1. The molecule has 1 aromatic rings. The van der Waals surface area contributed by atoms with Crippen molar-refractivity contribution in [1.82, 2.24) is 0 Å². The van der Waals surface area contributed by atoms with Crippen LogP contribution >= 0.6 is 0 Å². The maximum absolute atomic E-state index is 11.0. The van der Waals surface area contributed by atoms with Gasteiger partial charge in [-0.05, 0) is 30.0 Å². The van der Waals surface area contributed by atoms with E-state index in [9.17, 15) is 4.79 Å². The highest BCUT2D eigenvalue weighted by Crippen LogP contribution is 2.31. The Hall–Kier alpha value is -1.77. The molecule has 3 nitrogen and oxygen atoms in total. The lowest BCUT2D eigenvalue weighted by atomic mass is 9.83. The van der Waals surface area contributed by atoms with E-state index in [1.165, 1.54) is 5.57 Å². The molecule has 0 aliphatic carbocycles. The van der Waals surface area contributed by atoms with E-state index in [0.29, 0.717) is 5.56 Å². The van der Waals surface area contributed by atoms with Crippen LogP contribution in [0.3, 0.4) is 0 Å². The normalized spacial score (nSPS) is 16.2. The number of carbonyl (C=O) groups is 1. The predicted octanol–water partition coefficient (Wildman–Crippen LogP) is 3.57. The quantitative estimate of drug-likeness (QED) is 0.825. The Morgan fingerprint density at radius 1 is 1.32 bits per heavy atom. The first-order chi connectivity index (χ1) is 8.88. The summed E-state index contributed by atoms with van der Waals surface area (Å²) in [6, 6.07) is 7.16. The second-order valence-electron chi connectivity index (χ2n) is 6.03. The molecule has 1 aromatic carbocycles. The van der Waals surface area contributed by atoms with Gasteiger partial charge in [-0.2, -0.15) is 0 Å². The Labute approximate surface area is 114 Å². The molecule has 1 heterocycles. The van der Waals surface area contributed by atoms with Crippen LogP contribution in [0.25, 0.3) is 0 Å². The van der Waals surface area contributed by atoms with Crippen molar-refractivity contribution in [2.75, 3.05) is 18.0 Å².